The molecular weight excluding hydrogens is 376 g/mol. The minimum absolute atomic E-state index is 0.0396. The number of methoxy groups -OCH3 is 1. The molecule has 1 aliphatic rings. The van der Waals surface area contributed by atoms with Gasteiger partial charge < -0.3 is 9.47 Å². The monoisotopic (exact) mass is 400 g/mol. The first-order chi connectivity index (χ1) is 14.8. The lowest BCUT2D eigenvalue weighted by molar-refractivity contribution is -0.0347. The van der Waals surface area contributed by atoms with Crippen molar-refractivity contribution in [3.63, 3.8) is 0 Å². The van der Waals surface area contributed by atoms with Crippen molar-refractivity contribution in [3.05, 3.63) is 84.4 Å². The summed E-state index contributed by atoms with van der Waals surface area (Å²) >= 11 is 0. The number of hydrogen-bond acceptors (Lipinski definition) is 5. The zero-order valence-corrected chi connectivity index (χ0v) is 16.9. The van der Waals surface area contributed by atoms with Crippen molar-refractivity contribution in [2.24, 2.45) is 0 Å². The molecule has 0 saturated carbocycles. The average Bonchev–Trinajstić information content (AvgIpc) is 3.25. The third-order valence-corrected chi connectivity index (χ3v) is 5.53. The Kier molecular flexibility index (Phi) is 5.17. The summed E-state index contributed by atoms with van der Waals surface area (Å²) in [7, 11) is 1.69. The van der Waals surface area contributed by atoms with Crippen molar-refractivity contribution in [2.45, 2.75) is 12.6 Å². The Balaban J connectivity index is 1.37. The molecule has 1 atom stereocenters. The fourth-order valence-electron chi connectivity index (χ4n) is 3.96. The summed E-state index contributed by atoms with van der Waals surface area (Å²) in [4.78, 5) is 11.4. The average molecular weight is 400 g/mol. The van der Waals surface area contributed by atoms with Crippen LogP contribution in [-0.2, 0) is 11.3 Å². The second-order valence-electron chi connectivity index (χ2n) is 7.48. The van der Waals surface area contributed by atoms with Crippen LogP contribution in [0.1, 0.15) is 17.4 Å². The standard InChI is InChI=1S/C24H24N4O2/c1-29-20-7-5-18(6-8-20)15-27-13-14-30-23(17-27)21-16-28-22(3-2-4-24(28)26-21)19-9-11-25-12-10-19/h2-12,16,23H,13-15,17H2,1H3/t23-/m0/s1. The Morgan fingerprint density at radius 3 is 2.70 bits per heavy atom. The summed E-state index contributed by atoms with van der Waals surface area (Å²) in [5.74, 6) is 0.883. The van der Waals surface area contributed by atoms with Gasteiger partial charge in [-0.05, 0) is 42.0 Å². The molecule has 0 aliphatic carbocycles. The molecule has 152 valence electrons. The van der Waals surface area contributed by atoms with Crippen LogP contribution < -0.4 is 4.74 Å². The van der Waals surface area contributed by atoms with Gasteiger partial charge in [0.15, 0.2) is 0 Å². The van der Waals surface area contributed by atoms with E-state index in [9.17, 15) is 0 Å². The van der Waals surface area contributed by atoms with Gasteiger partial charge in [0.2, 0.25) is 0 Å². The van der Waals surface area contributed by atoms with E-state index < -0.39 is 0 Å². The van der Waals surface area contributed by atoms with Gasteiger partial charge in [-0.15, -0.1) is 0 Å². The second kappa shape index (κ2) is 8.26. The van der Waals surface area contributed by atoms with E-state index in [0.29, 0.717) is 6.61 Å². The molecule has 1 fully saturated rings. The molecule has 1 aliphatic heterocycles. The maximum atomic E-state index is 6.10. The van der Waals surface area contributed by atoms with Crippen molar-refractivity contribution in [1.29, 1.82) is 0 Å². The highest BCUT2D eigenvalue weighted by Crippen LogP contribution is 2.26. The van der Waals surface area contributed by atoms with E-state index in [0.717, 1.165) is 48.0 Å². The predicted molar refractivity (Wildman–Crippen MR) is 115 cm³/mol. The molecule has 0 unspecified atom stereocenters. The Hall–Kier alpha value is -3.22. The van der Waals surface area contributed by atoms with Crippen molar-refractivity contribution >= 4 is 5.65 Å². The maximum absolute atomic E-state index is 6.10. The number of hydrogen-bond donors (Lipinski definition) is 0. The van der Waals surface area contributed by atoms with Gasteiger partial charge in [0.25, 0.3) is 0 Å². The molecule has 30 heavy (non-hydrogen) atoms. The van der Waals surface area contributed by atoms with E-state index in [1.54, 1.807) is 7.11 Å². The summed E-state index contributed by atoms with van der Waals surface area (Å²) in [6.07, 6.45) is 5.69. The molecule has 0 N–H and O–H groups in total. The van der Waals surface area contributed by atoms with Gasteiger partial charge in [-0.2, -0.15) is 0 Å². The molecule has 6 heteroatoms. The quantitative estimate of drug-likeness (QED) is 0.507. The van der Waals surface area contributed by atoms with Crippen LogP contribution in [0, 0.1) is 0 Å². The van der Waals surface area contributed by atoms with Gasteiger partial charge in [0, 0.05) is 43.8 Å². The molecule has 0 bridgehead atoms. The second-order valence-corrected chi connectivity index (χ2v) is 7.48. The molecule has 3 aromatic heterocycles. The van der Waals surface area contributed by atoms with Crippen molar-refractivity contribution in [2.75, 3.05) is 26.8 Å². The Morgan fingerprint density at radius 1 is 1.07 bits per heavy atom. The number of fused-ring (bicyclic) bond motifs is 1. The summed E-state index contributed by atoms with van der Waals surface area (Å²) in [6.45, 7) is 3.32. The van der Waals surface area contributed by atoms with E-state index in [2.05, 4.69) is 38.7 Å². The number of pyridine rings is 2. The number of nitrogens with zero attached hydrogens (tertiary/aromatic N) is 4. The third-order valence-electron chi connectivity index (χ3n) is 5.53. The SMILES string of the molecule is COc1ccc(CN2CCO[C@H](c3cn4c(-c5ccncc5)cccc4n3)C2)cc1. The van der Waals surface area contributed by atoms with Crippen LogP contribution in [0.3, 0.4) is 0 Å². The fourth-order valence-corrected chi connectivity index (χ4v) is 3.96. The molecule has 6 nitrogen and oxygen atoms in total. The number of ether oxygens (including phenoxy) is 2. The van der Waals surface area contributed by atoms with E-state index in [4.69, 9.17) is 14.5 Å². The molecule has 1 saturated heterocycles. The zero-order chi connectivity index (χ0) is 20.3. The van der Waals surface area contributed by atoms with Crippen LogP contribution in [-0.4, -0.2) is 46.1 Å². The summed E-state index contributed by atoms with van der Waals surface area (Å²) in [6, 6.07) is 18.5. The molecule has 4 aromatic rings. The molecule has 5 rings (SSSR count). The molecule has 1 aromatic carbocycles. The number of morpholine rings is 1. The maximum Gasteiger partial charge on any atom is 0.137 e. The van der Waals surface area contributed by atoms with Gasteiger partial charge in [-0.25, -0.2) is 4.98 Å². The van der Waals surface area contributed by atoms with Crippen LogP contribution >= 0.6 is 0 Å². The van der Waals surface area contributed by atoms with E-state index in [-0.39, 0.29) is 6.10 Å². The Bertz CT molecular complexity index is 1130. The summed E-state index contributed by atoms with van der Waals surface area (Å²) in [5.41, 5.74) is 5.38. The lowest BCUT2D eigenvalue weighted by Crippen LogP contribution is -2.37. The smallest absolute Gasteiger partial charge is 0.137 e. The van der Waals surface area contributed by atoms with Gasteiger partial charge >= 0.3 is 0 Å². The van der Waals surface area contributed by atoms with E-state index in [1.165, 1.54) is 5.56 Å². The lowest BCUT2D eigenvalue weighted by Gasteiger charge is -2.32. The first-order valence-electron chi connectivity index (χ1n) is 10.2. The van der Waals surface area contributed by atoms with Gasteiger partial charge in [0.05, 0.1) is 25.1 Å². The summed E-state index contributed by atoms with van der Waals surface area (Å²) < 4.78 is 13.5. The van der Waals surface area contributed by atoms with Crippen molar-refractivity contribution in [3.8, 4) is 17.0 Å². The molecule has 0 amide bonds. The molecule has 4 heterocycles. The highest BCUT2D eigenvalue weighted by atomic mass is 16.5. The number of aromatic nitrogens is 3. The largest absolute Gasteiger partial charge is 0.497 e. The summed E-state index contributed by atoms with van der Waals surface area (Å²) in [5, 5.41) is 0. The number of imidazole rings is 1. The lowest BCUT2D eigenvalue weighted by atomic mass is 10.1. The minimum atomic E-state index is -0.0396. The fraction of sp³-hybridized carbons (Fsp3) is 0.250. The zero-order valence-electron chi connectivity index (χ0n) is 16.9. The topological polar surface area (TPSA) is 51.9 Å². The highest BCUT2D eigenvalue weighted by molar-refractivity contribution is 5.63. The van der Waals surface area contributed by atoms with Crippen LogP contribution in [0.2, 0.25) is 0 Å². The van der Waals surface area contributed by atoms with E-state index in [1.807, 2.05) is 48.8 Å². The number of benzene rings is 1. The van der Waals surface area contributed by atoms with Crippen LogP contribution in [0.4, 0.5) is 0 Å². The van der Waals surface area contributed by atoms with Crippen LogP contribution in [0.25, 0.3) is 16.9 Å². The van der Waals surface area contributed by atoms with Gasteiger partial charge in [-0.1, -0.05) is 18.2 Å². The minimum Gasteiger partial charge on any atom is -0.497 e. The first-order valence-corrected chi connectivity index (χ1v) is 10.2. The molecular formula is C24H24N4O2. The number of rotatable bonds is 5. The normalized spacial score (nSPS) is 17.3. The van der Waals surface area contributed by atoms with Crippen molar-refractivity contribution < 1.29 is 9.47 Å². The van der Waals surface area contributed by atoms with Gasteiger partial charge in [0.1, 0.15) is 17.5 Å². The Morgan fingerprint density at radius 2 is 1.90 bits per heavy atom. The first kappa shape index (κ1) is 18.8. The third kappa shape index (κ3) is 3.79. The van der Waals surface area contributed by atoms with Crippen molar-refractivity contribution in [1.82, 2.24) is 19.3 Å². The molecule has 0 radical (unpaired) electrons. The van der Waals surface area contributed by atoms with E-state index >= 15 is 0 Å². The predicted octanol–water partition coefficient (Wildman–Crippen LogP) is 3.98. The highest BCUT2D eigenvalue weighted by Gasteiger charge is 2.24. The molecule has 0 spiro atoms. The van der Waals surface area contributed by atoms with Crippen LogP contribution in [0.15, 0.2) is 73.2 Å². The van der Waals surface area contributed by atoms with Gasteiger partial charge in [-0.3, -0.25) is 14.3 Å². The van der Waals surface area contributed by atoms with Crippen LogP contribution in [0.5, 0.6) is 5.75 Å². The Labute approximate surface area is 175 Å².